The zero-order valence-corrected chi connectivity index (χ0v) is 17.0. The van der Waals surface area contributed by atoms with Gasteiger partial charge in [-0.2, -0.15) is 0 Å². The van der Waals surface area contributed by atoms with Crippen molar-refractivity contribution >= 4 is 33.4 Å². The van der Waals surface area contributed by atoms with Crippen molar-refractivity contribution in [3.8, 4) is 5.75 Å². The lowest BCUT2D eigenvalue weighted by molar-refractivity contribution is 0.0827. The predicted octanol–water partition coefficient (Wildman–Crippen LogP) is 4.44. The van der Waals surface area contributed by atoms with Crippen molar-refractivity contribution in [2.45, 2.75) is 13.8 Å². The topological polar surface area (TPSA) is 58.6 Å². The quantitative estimate of drug-likeness (QED) is 0.753. The molecule has 0 bridgehead atoms. The van der Waals surface area contributed by atoms with Crippen molar-refractivity contribution in [2.24, 2.45) is 5.92 Å². The Hall–Kier alpha value is -2.34. The maximum absolute atomic E-state index is 12.5. The summed E-state index contributed by atoms with van der Waals surface area (Å²) in [4.78, 5) is 26.0. The fourth-order valence-corrected chi connectivity index (χ4v) is 2.70. The average Bonchev–Trinajstić information content (AvgIpc) is 2.59. The SMILES string of the molecule is CC(C)COc1ccc(C(=O)Nc2cccc(C(=O)N(C)C)c2)cc1Br. The molecule has 0 saturated heterocycles. The summed E-state index contributed by atoms with van der Waals surface area (Å²) in [6, 6.07) is 12.1. The Labute approximate surface area is 162 Å². The first-order chi connectivity index (χ1) is 12.3. The van der Waals surface area contributed by atoms with E-state index in [1.54, 1.807) is 56.6 Å². The molecule has 5 nitrogen and oxygen atoms in total. The molecule has 0 atom stereocenters. The third-order valence-corrected chi connectivity index (χ3v) is 4.16. The molecular formula is C20H23BrN2O3. The van der Waals surface area contributed by atoms with Gasteiger partial charge < -0.3 is 15.0 Å². The first kappa shape index (κ1) is 20.0. The van der Waals surface area contributed by atoms with E-state index in [4.69, 9.17) is 4.74 Å². The van der Waals surface area contributed by atoms with Crippen molar-refractivity contribution in [3.05, 3.63) is 58.1 Å². The highest BCUT2D eigenvalue weighted by atomic mass is 79.9. The number of halogens is 1. The van der Waals surface area contributed by atoms with Gasteiger partial charge in [0.1, 0.15) is 5.75 Å². The molecule has 138 valence electrons. The molecule has 2 aromatic rings. The van der Waals surface area contributed by atoms with E-state index in [0.29, 0.717) is 35.1 Å². The molecule has 1 N–H and O–H groups in total. The average molecular weight is 419 g/mol. The molecule has 0 radical (unpaired) electrons. The third-order valence-electron chi connectivity index (χ3n) is 3.54. The van der Waals surface area contributed by atoms with Crippen molar-refractivity contribution in [3.63, 3.8) is 0 Å². The maximum Gasteiger partial charge on any atom is 0.255 e. The minimum atomic E-state index is -0.254. The number of hydrogen-bond donors (Lipinski definition) is 1. The first-order valence-electron chi connectivity index (χ1n) is 8.33. The number of ether oxygens (including phenoxy) is 1. The monoisotopic (exact) mass is 418 g/mol. The van der Waals surface area contributed by atoms with Crippen LogP contribution in [0, 0.1) is 5.92 Å². The number of hydrogen-bond acceptors (Lipinski definition) is 3. The largest absolute Gasteiger partial charge is 0.492 e. The number of nitrogens with zero attached hydrogens (tertiary/aromatic N) is 1. The van der Waals surface area contributed by atoms with Gasteiger partial charge in [-0.15, -0.1) is 0 Å². The summed E-state index contributed by atoms with van der Waals surface area (Å²) >= 11 is 3.44. The van der Waals surface area contributed by atoms with Crippen molar-refractivity contribution < 1.29 is 14.3 Å². The summed E-state index contributed by atoms with van der Waals surface area (Å²) in [6.07, 6.45) is 0. The van der Waals surface area contributed by atoms with E-state index >= 15 is 0 Å². The molecule has 0 aliphatic rings. The van der Waals surface area contributed by atoms with Crippen LogP contribution in [0.25, 0.3) is 0 Å². The second kappa shape index (κ2) is 8.85. The minimum absolute atomic E-state index is 0.115. The van der Waals surface area contributed by atoms with E-state index in [-0.39, 0.29) is 11.8 Å². The number of carbonyl (C=O) groups excluding carboxylic acids is 2. The molecule has 0 spiro atoms. The number of benzene rings is 2. The van der Waals surface area contributed by atoms with E-state index in [0.717, 1.165) is 4.47 Å². The number of anilines is 1. The van der Waals surface area contributed by atoms with Gasteiger partial charge >= 0.3 is 0 Å². The van der Waals surface area contributed by atoms with Gasteiger partial charge in [0.2, 0.25) is 0 Å². The van der Waals surface area contributed by atoms with E-state index in [1.165, 1.54) is 4.90 Å². The molecule has 0 aromatic heterocycles. The van der Waals surface area contributed by atoms with Crippen LogP contribution < -0.4 is 10.1 Å². The minimum Gasteiger partial charge on any atom is -0.492 e. The number of amides is 2. The Morgan fingerprint density at radius 1 is 1.12 bits per heavy atom. The molecule has 26 heavy (non-hydrogen) atoms. The lowest BCUT2D eigenvalue weighted by Crippen LogP contribution is -2.22. The van der Waals surface area contributed by atoms with Crippen molar-refractivity contribution in [2.75, 3.05) is 26.0 Å². The summed E-state index contributed by atoms with van der Waals surface area (Å²) in [5, 5.41) is 2.82. The molecule has 2 amide bonds. The van der Waals surface area contributed by atoms with Gasteiger partial charge in [-0.05, 0) is 58.2 Å². The summed E-state index contributed by atoms with van der Waals surface area (Å²) < 4.78 is 6.42. The predicted molar refractivity (Wildman–Crippen MR) is 107 cm³/mol. The molecule has 0 saturated carbocycles. The summed E-state index contributed by atoms with van der Waals surface area (Å²) in [5.74, 6) is 0.752. The van der Waals surface area contributed by atoms with Crippen LogP contribution in [0.3, 0.4) is 0 Å². The summed E-state index contributed by atoms with van der Waals surface area (Å²) in [6.45, 7) is 4.76. The standard InChI is InChI=1S/C20H23BrN2O3/c1-13(2)12-26-18-9-8-14(11-17(18)21)19(24)22-16-7-5-6-15(10-16)20(25)23(3)4/h5-11,13H,12H2,1-4H3,(H,22,24). The van der Waals surface area contributed by atoms with Gasteiger partial charge in [-0.25, -0.2) is 0 Å². The van der Waals surface area contributed by atoms with Crippen LogP contribution >= 0.6 is 15.9 Å². The molecule has 0 unspecified atom stereocenters. The summed E-state index contributed by atoms with van der Waals surface area (Å²) in [7, 11) is 3.38. The van der Waals surface area contributed by atoms with Crippen molar-refractivity contribution in [1.82, 2.24) is 4.90 Å². The van der Waals surface area contributed by atoms with Gasteiger partial charge in [-0.3, -0.25) is 9.59 Å². The first-order valence-corrected chi connectivity index (χ1v) is 9.12. The molecule has 2 aromatic carbocycles. The normalized spacial score (nSPS) is 10.5. The highest BCUT2D eigenvalue weighted by Gasteiger charge is 2.12. The molecule has 0 aliphatic heterocycles. The van der Waals surface area contributed by atoms with E-state index in [2.05, 4.69) is 35.1 Å². The number of rotatable bonds is 6. The molecule has 0 aliphatic carbocycles. The number of carbonyl (C=O) groups is 2. The highest BCUT2D eigenvalue weighted by Crippen LogP contribution is 2.27. The Kier molecular flexibility index (Phi) is 6.80. The van der Waals surface area contributed by atoms with Crippen LogP contribution in [-0.4, -0.2) is 37.4 Å². The third kappa shape index (κ3) is 5.33. The smallest absolute Gasteiger partial charge is 0.255 e. The van der Waals surface area contributed by atoms with Crippen LogP contribution in [0.4, 0.5) is 5.69 Å². The van der Waals surface area contributed by atoms with Gasteiger partial charge in [-0.1, -0.05) is 19.9 Å². The molecule has 6 heteroatoms. The van der Waals surface area contributed by atoms with Crippen LogP contribution in [0.15, 0.2) is 46.9 Å². The molecule has 0 fully saturated rings. The van der Waals surface area contributed by atoms with E-state index in [1.807, 2.05) is 0 Å². The number of nitrogens with one attached hydrogen (secondary N) is 1. The highest BCUT2D eigenvalue weighted by molar-refractivity contribution is 9.10. The van der Waals surface area contributed by atoms with Crippen LogP contribution in [0.2, 0.25) is 0 Å². The van der Waals surface area contributed by atoms with Crippen LogP contribution in [0.1, 0.15) is 34.6 Å². The maximum atomic E-state index is 12.5. The molecule has 0 heterocycles. The van der Waals surface area contributed by atoms with E-state index in [9.17, 15) is 9.59 Å². The Morgan fingerprint density at radius 2 is 1.85 bits per heavy atom. The van der Waals surface area contributed by atoms with Gasteiger partial charge in [0.05, 0.1) is 11.1 Å². The Balaban J connectivity index is 2.11. The van der Waals surface area contributed by atoms with E-state index < -0.39 is 0 Å². The zero-order valence-electron chi connectivity index (χ0n) is 15.4. The lowest BCUT2D eigenvalue weighted by Gasteiger charge is -2.13. The second-order valence-electron chi connectivity index (χ2n) is 6.58. The van der Waals surface area contributed by atoms with Crippen LogP contribution in [-0.2, 0) is 0 Å². The van der Waals surface area contributed by atoms with Crippen LogP contribution in [0.5, 0.6) is 5.75 Å². The second-order valence-corrected chi connectivity index (χ2v) is 7.44. The molecular weight excluding hydrogens is 396 g/mol. The zero-order chi connectivity index (χ0) is 19.3. The Bertz CT molecular complexity index is 803. The van der Waals surface area contributed by atoms with Gasteiger partial charge in [0.15, 0.2) is 0 Å². The Morgan fingerprint density at radius 3 is 2.46 bits per heavy atom. The fourth-order valence-electron chi connectivity index (χ4n) is 2.21. The van der Waals surface area contributed by atoms with Gasteiger partial charge in [0.25, 0.3) is 11.8 Å². The molecule has 2 rings (SSSR count). The summed E-state index contributed by atoms with van der Waals surface area (Å²) in [5.41, 5.74) is 1.59. The van der Waals surface area contributed by atoms with Gasteiger partial charge in [0, 0.05) is 30.9 Å². The van der Waals surface area contributed by atoms with Crippen molar-refractivity contribution in [1.29, 1.82) is 0 Å². The fraction of sp³-hybridized carbons (Fsp3) is 0.300. The lowest BCUT2D eigenvalue weighted by atomic mass is 10.1.